The van der Waals surface area contributed by atoms with Gasteiger partial charge in [0, 0.05) is 23.7 Å². The van der Waals surface area contributed by atoms with E-state index in [1.54, 1.807) is 7.11 Å². The van der Waals surface area contributed by atoms with Crippen molar-refractivity contribution in [2.45, 2.75) is 19.9 Å². The highest BCUT2D eigenvalue weighted by Crippen LogP contribution is 2.40. The zero-order chi connectivity index (χ0) is 20.4. The van der Waals surface area contributed by atoms with Crippen molar-refractivity contribution < 1.29 is 19.4 Å². The number of benzene rings is 2. The topological polar surface area (TPSA) is 66.8 Å². The second-order valence-corrected chi connectivity index (χ2v) is 7.77. The first-order valence-corrected chi connectivity index (χ1v) is 9.75. The van der Waals surface area contributed by atoms with Crippen LogP contribution in [0, 0.1) is 13.8 Å². The molecule has 1 unspecified atom stereocenters. The Hall–Kier alpha value is -2.44. The molecule has 0 radical (unpaired) electrons. The van der Waals surface area contributed by atoms with Crippen molar-refractivity contribution in [1.82, 2.24) is 4.90 Å². The average molecular weight is 444 g/mol. The zero-order valence-corrected chi connectivity index (χ0v) is 17.6. The van der Waals surface area contributed by atoms with Crippen LogP contribution < -0.4 is 0 Å². The number of carbonyl (C=O) groups excluding carboxylic acids is 2. The van der Waals surface area contributed by atoms with Crippen LogP contribution >= 0.6 is 15.9 Å². The highest BCUT2D eigenvalue weighted by atomic mass is 79.9. The third kappa shape index (κ3) is 3.75. The Balaban J connectivity index is 2.22. The van der Waals surface area contributed by atoms with Crippen LogP contribution in [0.5, 0.6) is 0 Å². The lowest BCUT2D eigenvalue weighted by atomic mass is 9.93. The summed E-state index contributed by atoms with van der Waals surface area (Å²) in [5, 5.41) is 11.1. The number of amides is 1. The highest BCUT2D eigenvalue weighted by Gasteiger charge is 2.46. The summed E-state index contributed by atoms with van der Waals surface area (Å²) in [5.41, 5.74) is 3.20. The Labute approximate surface area is 172 Å². The van der Waals surface area contributed by atoms with Crippen molar-refractivity contribution in [3.63, 3.8) is 0 Å². The molecule has 1 fully saturated rings. The number of ether oxygens (including phenoxy) is 1. The second kappa shape index (κ2) is 8.29. The average Bonchev–Trinajstić information content (AvgIpc) is 2.92. The van der Waals surface area contributed by atoms with Crippen LogP contribution in [0.4, 0.5) is 0 Å². The maximum absolute atomic E-state index is 12.9. The van der Waals surface area contributed by atoms with E-state index in [2.05, 4.69) is 15.9 Å². The molecule has 6 heteroatoms. The Morgan fingerprint density at radius 2 is 1.93 bits per heavy atom. The summed E-state index contributed by atoms with van der Waals surface area (Å²) in [6, 6.07) is 12.4. The number of rotatable bonds is 5. The number of aliphatic hydroxyl groups excluding tert-OH is 1. The summed E-state index contributed by atoms with van der Waals surface area (Å²) in [6.45, 7) is 4.33. The van der Waals surface area contributed by atoms with E-state index in [1.165, 1.54) is 4.90 Å². The molecule has 2 aromatic carbocycles. The quantitative estimate of drug-likeness (QED) is 0.428. The Morgan fingerprint density at radius 3 is 2.61 bits per heavy atom. The van der Waals surface area contributed by atoms with Gasteiger partial charge in [-0.25, -0.2) is 0 Å². The molecule has 0 aliphatic carbocycles. The van der Waals surface area contributed by atoms with Gasteiger partial charge in [-0.3, -0.25) is 9.59 Å². The Kier molecular flexibility index (Phi) is 6.01. The number of hydrogen-bond donors (Lipinski definition) is 1. The number of nitrogens with zero attached hydrogens (tertiary/aromatic N) is 1. The zero-order valence-electron chi connectivity index (χ0n) is 16.0. The minimum Gasteiger partial charge on any atom is -0.507 e. The molecule has 28 heavy (non-hydrogen) atoms. The van der Waals surface area contributed by atoms with E-state index in [4.69, 9.17) is 4.74 Å². The van der Waals surface area contributed by atoms with E-state index < -0.39 is 17.7 Å². The summed E-state index contributed by atoms with van der Waals surface area (Å²) < 4.78 is 5.95. The molecule has 0 spiro atoms. The third-order valence-corrected chi connectivity index (χ3v) is 5.38. The van der Waals surface area contributed by atoms with Crippen LogP contribution in [0.3, 0.4) is 0 Å². The van der Waals surface area contributed by atoms with Crippen molar-refractivity contribution in [1.29, 1.82) is 0 Å². The van der Waals surface area contributed by atoms with Crippen molar-refractivity contribution >= 4 is 33.4 Å². The molecule has 1 saturated heterocycles. The Bertz CT molecular complexity index is 967. The van der Waals surface area contributed by atoms with Gasteiger partial charge in [0.2, 0.25) is 0 Å². The van der Waals surface area contributed by atoms with Crippen molar-refractivity contribution in [2.24, 2.45) is 0 Å². The van der Waals surface area contributed by atoms with Gasteiger partial charge in [-0.15, -0.1) is 0 Å². The largest absolute Gasteiger partial charge is 0.507 e. The van der Waals surface area contributed by atoms with Crippen LogP contribution in [0.15, 0.2) is 52.5 Å². The van der Waals surface area contributed by atoms with E-state index in [0.29, 0.717) is 12.2 Å². The van der Waals surface area contributed by atoms with Crippen molar-refractivity contribution in [2.75, 3.05) is 20.3 Å². The number of aliphatic hydroxyl groups is 1. The predicted octanol–water partition coefficient (Wildman–Crippen LogP) is 4.13. The highest BCUT2D eigenvalue weighted by molar-refractivity contribution is 9.10. The fraction of sp³-hybridized carbons (Fsp3) is 0.273. The standard InChI is InChI=1S/C22H22BrNO4/c1-13-7-8-14(2)17(11-13)20(25)18-19(15-5-4-6-16(23)12-15)24(9-10-28-3)22(27)21(18)26/h4-8,11-12,19,25H,9-10H2,1-3H3/b20-18+. The van der Waals surface area contributed by atoms with Gasteiger partial charge in [-0.05, 0) is 43.2 Å². The molecule has 1 aliphatic heterocycles. The molecule has 1 N–H and O–H groups in total. The minimum atomic E-state index is -0.681. The van der Waals surface area contributed by atoms with Crippen LogP contribution in [0.2, 0.25) is 0 Å². The summed E-state index contributed by atoms with van der Waals surface area (Å²) in [5.74, 6) is -1.46. The SMILES string of the molecule is COCCN1C(=O)C(=O)/C(=C(/O)c2cc(C)ccc2C)C1c1cccc(Br)c1. The molecule has 0 aromatic heterocycles. The molecule has 1 atom stereocenters. The van der Waals surface area contributed by atoms with E-state index in [9.17, 15) is 14.7 Å². The molecule has 0 bridgehead atoms. The molecule has 146 valence electrons. The molecule has 3 rings (SSSR count). The van der Waals surface area contributed by atoms with Gasteiger partial charge in [0.1, 0.15) is 5.76 Å². The van der Waals surface area contributed by atoms with E-state index in [1.807, 2.05) is 56.3 Å². The van der Waals surface area contributed by atoms with Crippen LogP contribution in [0.1, 0.15) is 28.3 Å². The number of hydrogen-bond acceptors (Lipinski definition) is 4. The van der Waals surface area contributed by atoms with Gasteiger partial charge >= 0.3 is 0 Å². The fourth-order valence-electron chi connectivity index (χ4n) is 3.46. The first-order valence-electron chi connectivity index (χ1n) is 8.95. The number of carbonyl (C=O) groups is 2. The van der Waals surface area contributed by atoms with E-state index in [0.717, 1.165) is 21.2 Å². The predicted molar refractivity (Wildman–Crippen MR) is 111 cm³/mol. The monoisotopic (exact) mass is 443 g/mol. The Morgan fingerprint density at radius 1 is 1.18 bits per heavy atom. The third-order valence-electron chi connectivity index (χ3n) is 4.89. The fourth-order valence-corrected chi connectivity index (χ4v) is 3.88. The number of halogens is 1. The van der Waals surface area contributed by atoms with Gasteiger partial charge in [-0.2, -0.15) is 0 Å². The lowest BCUT2D eigenvalue weighted by molar-refractivity contribution is -0.140. The number of likely N-dealkylation sites (tertiary alicyclic amines) is 1. The van der Waals surface area contributed by atoms with Gasteiger partial charge in [0.05, 0.1) is 18.2 Å². The molecule has 5 nitrogen and oxygen atoms in total. The maximum atomic E-state index is 12.9. The van der Waals surface area contributed by atoms with Gasteiger partial charge in [-0.1, -0.05) is 45.8 Å². The molecule has 1 heterocycles. The van der Waals surface area contributed by atoms with Crippen LogP contribution in [0.25, 0.3) is 5.76 Å². The van der Waals surface area contributed by atoms with Gasteiger partial charge < -0.3 is 14.7 Å². The number of Topliss-reactive ketones (excluding diaryl/α,β-unsaturated/α-hetero) is 1. The van der Waals surface area contributed by atoms with Crippen molar-refractivity contribution in [3.8, 4) is 0 Å². The summed E-state index contributed by atoms with van der Waals surface area (Å²) in [4.78, 5) is 27.1. The first-order chi connectivity index (χ1) is 13.3. The lowest BCUT2D eigenvalue weighted by Gasteiger charge is -2.25. The number of ketones is 1. The number of methoxy groups -OCH3 is 1. The molecule has 0 saturated carbocycles. The second-order valence-electron chi connectivity index (χ2n) is 6.86. The smallest absolute Gasteiger partial charge is 0.295 e. The van der Waals surface area contributed by atoms with Crippen molar-refractivity contribution in [3.05, 3.63) is 74.8 Å². The summed E-state index contributed by atoms with van der Waals surface area (Å²) >= 11 is 3.44. The molecule has 2 aromatic rings. The van der Waals surface area contributed by atoms with Gasteiger partial charge in [0.15, 0.2) is 0 Å². The first kappa shape index (κ1) is 20.3. The molecular weight excluding hydrogens is 422 g/mol. The van der Waals surface area contributed by atoms with E-state index >= 15 is 0 Å². The molecular formula is C22H22BrNO4. The van der Waals surface area contributed by atoms with Crippen LogP contribution in [-0.4, -0.2) is 42.0 Å². The number of aryl methyl sites for hydroxylation is 2. The summed E-state index contributed by atoms with van der Waals surface area (Å²) in [7, 11) is 1.54. The maximum Gasteiger partial charge on any atom is 0.295 e. The molecule has 1 aliphatic rings. The minimum absolute atomic E-state index is 0.105. The normalized spacial score (nSPS) is 18.7. The van der Waals surface area contributed by atoms with E-state index in [-0.39, 0.29) is 17.9 Å². The van der Waals surface area contributed by atoms with Gasteiger partial charge in [0.25, 0.3) is 11.7 Å². The lowest BCUT2D eigenvalue weighted by Crippen LogP contribution is -2.32. The summed E-state index contributed by atoms with van der Waals surface area (Å²) in [6.07, 6.45) is 0. The molecule has 1 amide bonds. The van der Waals surface area contributed by atoms with Crippen LogP contribution in [-0.2, 0) is 14.3 Å².